The topological polar surface area (TPSA) is 90.1 Å². The zero-order valence-corrected chi connectivity index (χ0v) is 28.8. The van der Waals surface area contributed by atoms with E-state index in [2.05, 4.69) is 66.2 Å². The SMILES string of the molecule is CCCNC1C(OCc2ccccc2)C(NCCC)C(OCc2ccccc2)C(NCC(=O)OC(C)(C)C)C1OCc1ccccc1. The number of ether oxygens (including phenoxy) is 4. The molecule has 0 saturated heterocycles. The van der Waals surface area contributed by atoms with Crippen LogP contribution in [0.1, 0.15) is 64.2 Å². The van der Waals surface area contributed by atoms with Crippen molar-refractivity contribution in [3.63, 3.8) is 0 Å². The van der Waals surface area contributed by atoms with Crippen LogP contribution in [-0.4, -0.2) is 67.6 Å². The molecule has 1 aliphatic rings. The molecule has 8 heteroatoms. The summed E-state index contributed by atoms with van der Waals surface area (Å²) in [5.41, 5.74) is 2.65. The monoisotopic (exact) mass is 645 g/mol. The molecule has 0 radical (unpaired) electrons. The molecule has 4 atom stereocenters. The molecule has 8 nitrogen and oxygen atoms in total. The molecule has 3 aromatic rings. The summed E-state index contributed by atoms with van der Waals surface area (Å²) in [4.78, 5) is 13.1. The first-order valence-corrected chi connectivity index (χ1v) is 17.2. The molecule has 3 aromatic carbocycles. The molecule has 1 fully saturated rings. The summed E-state index contributed by atoms with van der Waals surface area (Å²) < 4.78 is 26.4. The van der Waals surface area contributed by atoms with Crippen molar-refractivity contribution in [2.24, 2.45) is 0 Å². The van der Waals surface area contributed by atoms with E-state index in [-0.39, 0.29) is 36.7 Å². The fourth-order valence-electron chi connectivity index (χ4n) is 6.05. The minimum absolute atomic E-state index is 0.0227. The molecule has 4 rings (SSSR count). The van der Waals surface area contributed by atoms with Gasteiger partial charge >= 0.3 is 5.97 Å². The van der Waals surface area contributed by atoms with Crippen LogP contribution in [0.2, 0.25) is 0 Å². The van der Waals surface area contributed by atoms with E-state index in [1.54, 1.807) is 0 Å². The minimum Gasteiger partial charge on any atom is -0.459 e. The predicted molar refractivity (Wildman–Crippen MR) is 187 cm³/mol. The lowest BCUT2D eigenvalue weighted by atomic mass is 9.78. The standard InChI is InChI=1S/C39H55N3O5/c1-6-23-40-33-36(44-26-29-17-11-8-12-18-29)34(41-24-7-2)38(46-28-31-21-15-10-16-22-31)35(42-25-32(43)47-39(3,4)5)37(33)45-27-30-19-13-9-14-20-30/h8-22,33-38,40-42H,6-7,23-28H2,1-5H3. The molecule has 0 heterocycles. The van der Waals surface area contributed by atoms with Crippen molar-refractivity contribution < 1.29 is 23.7 Å². The molecule has 0 aromatic heterocycles. The van der Waals surface area contributed by atoms with Crippen LogP contribution in [0.25, 0.3) is 0 Å². The van der Waals surface area contributed by atoms with Gasteiger partial charge in [-0.2, -0.15) is 0 Å². The Labute approximate surface area is 281 Å². The summed E-state index contributed by atoms with van der Waals surface area (Å²) in [7, 11) is 0. The zero-order chi connectivity index (χ0) is 33.5. The lowest BCUT2D eigenvalue weighted by Crippen LogP contribution is -2.75. The number of hydrogen-bond donors (Lipinski definition) is 3. The maximum absolute atomic E-state index is 13.1. The van der Waals surface area contributed by atoms with E-state index in [4.69, 9.17) is 18.9 Å². The van der Waals surface area contributed by atoms with Gasteiger partial charge in [-0.05, 0) is 63.4 Å². The zero-order valence-electron chi connectivity index (χ0n) is 28.8. The van der Waals surface area contributed by atoms with Gasteiger partial charge < -0.3 is 29.6 Å². The molecule has 0 aliphatic heterocycles. The Bertz CT molecular complexity index is 1220. The van der Waals surface area contributed by atoms with Crippen LogP contribution in [0.15, 0.2) is 91.0 Å². The van der Waals surface area contributed by atoms with Gasteiger partial charge in [0.15, 0.2) is 0 Å². The van der Waals surface area contributed by atoms with Gasteiger partial charge in [-0.25, -0.2) is 0 Å². The van der Waals surface area contributed by atoms with E-state index < -0.39 is 17.8 Å². The highest BCUT2D eigenvalue weighted by Gasteiger charge is 2.52. The van der Waals surface area contributed by atoms with Crippen LogP contribution in [-0.2, 0) is 43.6 Å². The van der Waals surface area contributed by atoms with Crippen molar-refractivity contribution in [1.82, 2.24) is 16.0 Å². The van der Waals surface area contributed by atoms with Crippen molar-refractivity contribution in [1.29, 1.82) is 0 Å². The third kappa shape index (κ3) is 11.8. The van der Waals surface area contributed by atoms with Crippen molar-refractivity contribution in [2.45, 2.75) is 109 Å². The normalized spacial score (nSPS) is 23.0. The van der Waals surface area contributed by atoms with Gasteiger partial charge in [-0.15, -0.1) is 0 Å². The van der Waals surface area contributed by atoms with Gasteiger partial charge in [-0.1, -0.05) is 105 Å². The first-order chi connectivity index (χ1) is 22.8. The van der Waals surface area contributed by atoms with Gasteiger partial charge in [0, 0.05) is 0 Å². The summed E-state index contributed by atoms with van der Waals surface area (Å²) in [6.45, 7) is 12.8. The van der Waals surface area contributed by atoms with E-state index in [9.17, 15) is 4.79 Å². The smallest absolute Gasteiger partial charge is 0.320 e. The van der Waals surface area contributed by atoms with Gasteiger partial charge in [-0.3, -0.25) is 10.1 Å². The second-order valence-corrected chi connectivity index (χ2v) is 13.2. The molecular formula is C39H55N3O5. The summed E-state index contributed by atoms with van der Waals surface area (Å²) in [5.74, 6) is -0.320. The first-order valence-electron chi connectivity index (χ1n) is 17.2. The van der Waals surface area contributed by atoms with E-state index in [1.165, 1.54) is 0 Å². The minimum atomic E-state index is -0.593. The largest absolute Gasteiger partial charge is 0.459 e. The van der Waals surface area contributed by atoms with Gasteiger partial charge in [0.2, 0.25) is 0 Å². The van der Waals surface area contributed by atoms with E-state index in [0.717, 1.165) is 42.6 Å². The van der Waals surface area contributed by atoms with Crippen molar-refractivity contribution in [3.8, 4) is 0 Å². The number of carbonyl (C=O) groups excluding carboxylic acids is 1. The number of hydrogen-bond acceptors (Lipinski definition) is 8. The third-order valence-corrected chi connectivity index (χ3v) is 8.14. The van der Waals surface area contributed by atoms with E-state index in [1.807, 2.05) is 75.4 Å². The fraction of sp³-hybridized carbons (Fsp3) is 0.513. The quantitative estimate of drug-likeness (QED) is 0.150. The van der Waals surface area contributed by atoms with Gasteiger partial charge in [0.05, 0.1) is 62.8 Å². The third-order valence-electron chi connectivity index (χ3n) is 8.14. The van der Waals surface area contributed by atoms with Gasteiger partial charge in [0.25, 0.3) is 0 Å². The molecule has 0 amide bonds. The average molecular weight is 646 g/mol. The number of esters is 1. The van der Waals surface area contributed by atoms with E-state index in [0.29, 0.717) is 19.8 Å². The lowest BCUT2D eigenvalue weighted by molar-refractivity contribution is -0.167. The highest BCUT2D eigenvalue weighted by atomic mass is 16.6. The Hall–Kier alpha value is -3.11. The molecular weight excluding hydrogens is 590 g/mol. The van der Waals surface area contributed by atoms with Crippen LogP contribution in [0, 0.1) is 0 Å². The Balaban J connectivity index is 1.74. The van der Waals surface area contributed by atoms with Crippen LogP contribution < -0.4 is 16.0 Å². The summed E-state index contributed by atoms with van der Waals surface area (Å²) in [6, 6.07) is 29.9. The summed E-state index contributed by atoms with van der Waals surface area (Å²) in [5, 5.41) is 11.2. The molecule has 0 bridgehead atoms. The molecule has 3 N–H and O–H groups in total. The molecule has 4 unspecified atom stereocenters. The highest BCUT2D eigenvalue weighted by Crippen LogP contribution is 2.31. The Morgan fingerprint density at radius 1 is 0.574 bits per heavy atom. The number of carbonyl (C=O) groups is 1. The number of benzene rings is 3. The summed E-state index contributed by atoms with van der Waals surface area (Å²) in [6.07, 6.45) is 0.805. The van der Waals surface area contributed by atoms with Crippen LogP contribution >= 0.6 is 0 Å². The van der Waals surface area contributed by atoms with Crippen LogP contribution in [0.5, 0.6) is 0 Å². The Morgan fingerprint density at radius 2 is 0.915 bits per heavy atom. The van der Waals surface area contributed by atoms with E-state index >= 15 is 0 Å². The first kappa shape index (κ1) is 36.7. The molecule has 0 spiro atoms. The Morgan fingerprint density at radius 3 is 1.23 bits per heavy atom. The number of nitrogens with one attached hydrogen (secondary N) is 3. The molecule has 1 aliphatic carbocycles. The van der Waals surface area contributed by atoms with Gasteiger partial charge in [0.1, 0.15) is 5.60 Å². The highest BCUT2D eigenvalue weighted by molar-refractivity contribution is 5.72. The fourth-order valence-corrected chi connectivity index (χ4v) is 6.05. The van der Waals surface area contributed by atoms with Crippen molar-refractivity contribution in [3.05, 3.63) is 108 Å². The molecule has 256 valence electrons. The summed E-state index contributed by atoms with van der Waals surface area (Å²) >= 11 is 0. The maximum atomic E-state index is 13.1. The Kier molecular flexibility index (Phi) is 14.9. The predicted octanol–water partition coefficient (Wildman–Crippen LogP) is 5.79. The second kappa shape index (κ2) is 19.0. The molecule has 47 heavy (non-hydrogen) atoms. The van der Waals surface area contributed by atoms with Crippen molar-refractivity contribution >= 4 is 5.97 Å². The second-order valence-electron chi connectivity index (χ2n) is 13.2. The van der Waals surface area contributed by atoms with Crippen LogP contribution in [0.3, 0.4) is 0 Å². The average Bonchev–Trinajstić information content (AvgIpc) is 3.07. The molecule has 1 saturated carbocycles. The maximum Gasteiger partial charge on any atom is 0.320 e. The lowest BCUT2D eigenvalue weighted by Gasteiger charge is -2.51. The van der Waals surface area contributed by atoms with Crippen molar-refractivity contribution in [2.75, 3.05) is 19.6 Å². The van der Waals surface area contributed by atoms with Crippen LogP contribution in [0.4, 0.5) is 0 Å². The number of rotatable bonds is 18.